The van der Waals surface area contributed by atoms with Crippen molar-refractivity contribution in [1.29, 1.82) is 0 Å². The number of carbonyl (C=O) groups excluding carboxylic acids is 2. The van der Waals surface area contributed by atoms with E-state index in [4.69, 9.17) is 4.74 Å². The van der Waals surface area contributed by atoms with E-state index in [1.165, 1.54) is 6.92 Å². The molecule has 1 atom stereocenters. The van der Waals surface area contributed by atoms with Gasteiger partial charge in [0.05, 0.1) is 0 Å². The molecule has 0 aliphatic carbocycles. The van der Waals surface area contributed by atoms with Gasteiger partial charge in [-0.2, -0.15) is 0 Å². The van der Waals surface area contributed by atoms with E-state index in [2.05, 4.69) is 25.6 Å². The van der Waals surface area contributed by atoms with E-state index in [1.54, 1.807) is 30.5 Å². The maximum Gasteiger partial charge on any atom is 0.242 e. The fraction of sp³-hybridized carbons (Fsp3) is 0.227. The van der Waals surface area contributed by atoms with E-state index >= 15 is 0 Å². The number of rotatable bonds is 6. The lowest BCUT2D eigenvalue weighted by molar-refractivity contribution is -0.119. The van der Waals surface area contributed by atoms with Crippen molar-refractivity contribution in [3.8, 4) is 23.0 Å². The molecule has 0 spiro atoms. The molecule has 1 amide bonds. The lowest BCUT2D eigenvalue weighted by Crippen LogP contribution is -2.30. The molecule has 2 aromatic heterocycles. The highest BCUT2D eigenvalue weighted by atomic mass is 16.5. The first-order valence-electron chi connectivity index (χ1n) is 9.63. The highest BCUT2D eigenvalue weighted by Gasteiger charge is 2.24. The van der Waals surface area contributed by atoms with E-state index in [0.717, 1.165) is 11.1 Å². The van der Waals surface area contributed by atoms with Crippen LogP contribution in [0.5, 0.6) is 11.6 Å². The van der Waals surface area contributed by atoms with Crippen molar-refractivity contribution < 1.29 is 14.3 Å². The summed E-state index contributed by atoms with van der Waals surface area (Å²) < 4.78 is 5.75. The fourth-order valence-corrected chi connectivity index (χ4v) is 3.05. The summed E-state index contributed by atoms with van der Waals surface area (Å²) in [6.45, 7) is 4.03. The van der Waals surface area contributed by atoms with Gasteiger partial charge in [0.2, 0.25) is 11.8 Å². The zero-order valence-electron chi connectivity index (χ0n) is 16.7. The second-order valence-electron chi connectivity index (χ2n) is 7.10. The third kappa shape index (κ3) is 4.43. The maximum atomic E-state index is 11.9. The Morgan fingerprint density at radius 2 is 1.97 bits per heavy atom. The van der Waals surface area contributed by atoms with Crippen LogP contribution < -0.4 is 15.4 Å². The van der Waals surface area contributed by atoms with Crippen molar-refractivity contribution in [3.63, 3.8) is 0 Å². The highest BCUT2D eigenvalue weighted by Crippen LogP contribution is 2.25. The third-order valence-corrected chi connectivity index (χ3v) is 4.68. The van der Waals surface area contributed by atoms with Gasteiger partial charge in [-0.25, -0.2) is 15.0 Å². The summed E-state index contributed by atoms with van der Waals surface area (Å²) in [6.07, 6.45) is 2.40. The molecular formula is C22H21N5O3. The maximum absolute atomic E-state index is 11.9. The molecule has 4 rings (SSSR count). The van der Waals surface area contributed by atoms with Crippen molar-refractivity contribution >= 4 is 17.5 Å². The standard InChI is InChI=1S/C22H21N5O3/c1-13-3-8-20(24-12-13)30-16-6-4-15(5-7-16)21-26-18(14(2)28)11-19(27-21)25-17-9-10-23-22(17)29/h3-8,11-12,17H,9-10H2,1-2H3,(H,23,29)(H,25,26,27)/t17-/m0/s1. The molecule has 0 saturated carbocycles. The van der Waals surface area contributed by atoms with Crippen molar-refractivity contribution in [2.45, 2.75) is 26.3 Å². The molecule has 2 N–H and O–H groups in total. The predicted octanol–water partition coefficient (Wildman–Crippen LogP) is 3.14. The summed E-state index contributed by atoms with van der Waals surface area (Å²) in [5, 5.41) is 5.87. The molecule has 0 bridgehead atoms. The van der Waals surface area contributed by atoms with Crippen molar-refractivity contribution in [3.05, 3.63) is 59.9 Å². The summed E-state index contributed by atoms with van der Waals surface area (Å²) in [5.74, 6) is 1.71. The number of aromatic nitrogens is 3. The van der Waals surface area contributed by atoms with E-state index in [9.17, 15) is 9.59 Å². The van der Waals surface area contributed by atoms with Gasteiger partial charge in [-0.3, -0.25) is 9.59 Å². The normalized spacial score (nSPS) is 15.5. The first-order chi connectivity index (χ1) is 14.5. The average Bonchev–Trinajstić information content (AvgIpc) is 3.14. The second-order valence-corrected chi connectivity index (χ2v) is 7.10. The number of amides is 1. The molecule has 1 aliphatic heterocycles. The first-order valence-corrected chi connectivity index (χ1v) is 9.63. The van der Waals surface area contributed by atoms with Crippen molar-refractivity contribution in [2.24, 2.45) is 0 Å². The number of carbonyl (C=O) groups is 2. The monoisotopic (exact) mass is 403 g/mol. The van der Waals surface area contributed by atoms with Crippen LogP contribution in [0.1, 0.15) is 29.4 Å². The molecule has 8 heteroatoms. The van der Waals surface area contributed by atoms with E-state index < -0.39 is 0 Å². The Labute approximate surface area is 173 Å². The molecule has 0 radical (unpaired) electrons. The van der Waals surface area contributed by atoms with E-state index in [0.29, 0.717) is 36.2 Å². The zero-order valence-corrected chi connectivity index (χ0v) is 16.7. The quantitative estimate of drug-likeness (QED) is 0.609. The highest BCUT2D eigenvalue weighted by molar-refractivity contribution is 5.93. The van der Waals surface area contributed by atoms with Crippen LogP contribution in [0.2, 0.25) is 0 Å². The Balaban J connectivity index is 1.58. The van der Waals surface area contributed by atoms with Crippen LogP contribution in [0.3, 0.4) is 0 Å². The molecule has 1 aliphatic rings. The van der Waals surface area contributed by atoms with Crippen LogP contribution >= 0.6 is 0 Å². The average molecular weight is 403 g/mol. The molecule has 3 aromatic rings. The number of Topliss-reactive ketones (excluding diaryl/α,β-unsaturated/α-hetero) is 1. The lowest BCUT2D eigenvalue weighted by atomic mass is 10.2. The minimum atomic E-state index is -0.370. The zero-order chi connectivity index (χ0) is 21.1. The largest absolute Gasteiger partial charge is 0.439 e. The summed E-state index contributed by atoms with van der Waals surface area (Å²) in [5.41, 5.74) is 2.06. The number of benzene rings is 1. The number of nitrogens with zero attached hydrogens (tertiary/aromatic N) is 3. The van der Waals surface area contributed by atoms with Gasteiger partial charge in [0.15, 0.2) is 11.6 Å². The number of anilines is 1. The number of hydrogen-bond acceptors (Lipinski definition) is 7. The summed E-state index contributed by atoms with van der Waals surface area (Å²) in [6, 6.07) is 12.1. The number of ketones is 1. The Morgan fingerprint density at radius 3 is 2.60 bits per heavy atom. The fourth-order valence-electron chi connectivity index (χ4n) is 3.05. The van der Waals surface area contributed by atoms with Crippen molar-refractivity contribution in [1.82, 2.24) is 20.3 Å². The van der Waals surface area contributed by atoms with Gasteiger partial charge in [-0.1, -0.05) is 6.07 Å². The molecule has 8 nitrogen and oxygen atoms in total. The number of aryl methyl sites for hydroxylation is 1. The molecule has 3 heterocycles. The number of hydrogen-bond donors (Lipinski definition) is 2. The molecule has 1 fully saturated rings. The smallest absolute Gasteiger partial charge is 0.242 e. The molecule has 30 heavy (non-hydrogen) atoms. The SMILES string of the molecule is CC(=O)c1cc(N[C@H]2CCNC2=O)nc(-c2ccc(Oc3ccc(C)cn3)cc2)n1. The van der Waals surface area contributed by atoms with Gasteiger partial charge in [0.1, 0.15) is 23.3 Å². The van der Waals surface area contributed by atoms with Crippen LogP contribution in [0, 0.1) is 6.92 Å². The topological polar surface area (TPSA) is 106 Å². The number of nitrogens with one attached hydrogen (secondary N) is 2. The second kappa shape index (κ2) is 8.28. The molecule has 1 saturated heterocycles. The Hall–Kier alpha value is -3.81. The van der Waals surface area contributed by atoms with Gasteiger partial charge in [-0.15, -0.1) is 0 Å². The van der Waals surface area contributed by atoms with Gasteiger partial charge < -0.3 is 15.4 Å². The van der Waals surface area contributed by atoms with Crippen LogP contribution in [0.15, 0.2) is 48.7 Å². The Kier molecular flexibility index (Phi) is 5.38. The van der Waals surface area contributed by atoms with Gasteiger partial charge in [0, 0.05) is 37.4 Å². The van der Waals surface area contributed by atoms with Crippen LogP contribution in [0.25, 0.3) is 11.4 Å². The van der Waals surface area contributed by atoms with E-state index in [-0.39, 0.29) is 23.4 Å². The van der Waals surface area contributed by atoms with Gasteiger partial charge in [-0.05, 0) is 43.2 Å². The lowest BCUT2D eigenvalue weighted by Gasteiger charge is -2.13. The Morgan fingerprint density at radius 1 is 1.17 bits per heavy atom. The van der Waals surface area contributed by atoms with Crippen molar-refractivity contribution in [2.75, 3.05) is 11.9 Å². The first kappa shape index (κ1) is 19.5. The third-order valence-electron chi connectivity index (χ3n) is 4.68. The minimum Gasteiger partial charge on any atom is -0.439 e. The molecule has 0 unspecified atom stereocenters. The summed E-state index contributed by atoms with van der Waals surface area (Å²) in [4.78, 5) is 36.9. The number of ether oxygens (including phenoxy) is 1. The minimum absolute atomic E-state index is 0.0780. The molecule has 1 aromatic carbocycles. The van der Waals surface area contributed by atoms with Gasteiger partial charge in [0.25, 0.3) is 0 Å². The molecular weight excluding hydrogens is 382 g/mol. The summed E-state index contributed by atoms with van der Waals surface area (Å²) >= 11 is 0. The Bertz CT molecular complexity index is 1080. The van der Waals surface area contributed by atoms with Gasteiger partial charge >= 0.3 is 0 Å². The predicted molar refractivity (Wildman–Crippen MR) is 112 cm³/mol. The van der Waals surface area contributed by atoms with Crippen LogP contribution in [-0.4, -0.2) is 39.2 Å². The van der Waals surface area contributed by atoms with Crippen LogP contribution in [-0.2, 0) is 4.79 Å². The number of pyridine rings is 1. The van der Waals surface area contributed by atoms with E-state index in [1.807, 2.05) is 25.1 Å². The van der Waals surface area contributed by atoms with Crippen LogP contribution in [0.4, 0.5) is 5.82 Å². The molecule has 152 valence electrons. The summed E-state index contributed by atoms with van der Waals surface area (Å²) in [7, 11) is 0.